The van der Waals surface area contributed by atoms with Gasteiger partial charge in [-0.15, -0.1) is 0 Å². The molecule has 0 aliphatic rings. The van der Waals surface area contributed by atoms with Gasteiger partial charge in [0.25, 0.3) is 0 Å². The summed E-state index contributed by atoms with van der Waals surface area (Å²) in [6.45, 7) is 2.21. The standard InChI is InChI=1S/C18H22N2O3/c1-14(21)20-18(23-16-10-6-3-7-11-16)13-19-12-17(22)15-8-4-2-5-9-15/h2-11,17-19,22H,12-13H2,1H3,(H,20,21). The second kappa shape index (κ2) is 8.92. The van der Waals surface area contributed by atoms with E-state index in [2.05, 4.69) is 10.6 Å². The molecule has 23 heavy (non-hydrogen) atoms. The molecule has 1 amide bonds. The summed E-state index contributed by atoms with van der Waals surface area (Å²) in [4.78, 5) is 11.3. The molecule has 2 unspecified atom stereocenters. The molecule has 0 saturated heterocycles. The second-order valence-corrected chi connectivity index (χ2v) is 5.20. The third-order valence-corrected chi connectivity index (χ3v) is 3.24. The first kappa shape index (κ1) is 17.0. The van der Waals surface area contributed by atoms with Crippen LogP contribution in [0.1, 0.15) is 18.6 Å². The minimum atomic E-state index is -0.606. The van der Waals surface area contributed by atoms with E-state index in [4.69, 9.17) is 4.74 Å². The van der Waals surface area contributed by atoms with E-state index in [-0.39, 0.29) is 5.91 Å². The van der Waals surface area contributed by atoms with E-state index in [0.29, 0.717) is 18.8 Å². The Balaban J connectivity index is 1.84. The smallest absolute Gasteiger partial charge is 0.219 e. The van der Waals surface area contributed by atoms with E-state index in [0.717, 1.165) is 5.56 Å². The highest BCUT2D eigenvalue weighted by Crippen LogP contribution is 2.11. The summed E-state index contributed by atoms with van der Waals surface area (Å²) >= 11 is 0. The first-order valence-electron chi connectivity index (χ1n) is 7.57. The van der Waals surface area contributed by atoms with Crippen molar-refractivity contribution in [1.82, 2.24) is 10.6 Å². The largest absolute Gasteiger partial charge is 0.469 e. The lowest BCUT2D eigenvalue weighted by molar-refractivity contribution is -0.121. The quantitative estimate of drug-likeness (QED) is 0.650. The van der Waals surface area contributed by atoms with Gasteiger partial charge in [0.1, 0.15) is 5.75 Å². The normalized spacial score (nSPS) is 13.1. The maximum atomic E-state index is 11.3. The van der Waals surface area contributed by atoms with E-state index in [1.165, 1.54) is 6.92 Å². The molecule has 0 aliphatic heterocycles. The summed E-state index contributed by atoms with van der Waals surface area (Å²) < 4.78 is 5.74. The van der Waals surface area contributed by atoms with Crippen molar-refractivity contribution in [3.05, 3.63) is 66.2 Å². The number of amides is 1. The highest BCUT2D eigenvalue weighted by atomic mass is 16.5. The molecule has 0 aromatic heterocycles. The van der Waals surface area contributed by atoms with E-state index >= 15 is 0 Å². The fourth-order valence-corrected chi connectivity index (χ4v) is 2.16. The fraction of sp³-hybridized carbons (Fsp3) is 0.278. The van der Waals surface area contributed by atoms with Crippen LogP contribution in [-0.2, 0) is 4.79 Å². The number of ether oxygens (including phenoxy) is 1. The Morgan fingerprint density at radius 3 is 2.26 bits per heavy atom. The van der Waals surface area contributed by atoms with E-state index in [1.54, 1.807) is 0 Å². The zero-order valence-corrected chi connectivity index (χ0v) is 13.1. The first-order valence-corrected chi connectivity index (χ1v) is 7.57. The number of rotatable bonds is 8. The van der Waals surface area contributed by atoms with E-state index < -0.39 is 12.3 Å². The number of aliphatic hydroxyl groups is 1. The van der Waals surface area contributed by atoms with Crippen LogP contribution in [0.5, 0.6) is 5.75 Å². The Hall–Kier alpha value is -2.37. The Labute approximate surface area is 136 Å². The molecule has 2 aromatic rings. The van der Waals surface area contributed by atoms with Crippen LogP contribution in [0.15, 0.2) is 60.7 Å². The zero-order chi connectivity index (χ0) is 16.5. The van der Waals surface area contributed by atoms with Crippen molar-refractivity contribution in [2.75, 3.05) is 13.1 Å². The van der Waals surface area contributed by atoms with Gasteiger partial charge in [-0.05, 0) is 17.7 Å². The SMILES string of the molecule is CC(=O)NC(CNCC(O)c1ccccc1)Oc1ccccc1. The van der Waals surface area contributed by atoms with Gasteiger partial charge in [-0.3, -0.25) is 4.79 Å². The van der Waals surface area contributed by atoms with Crippen molar-refractivity contribution in [2.24, 2.45) is 0 Å². The third-order valence-electron chi connectivity index (χ3n) is 3.24. The van der Waals surface area contributed by atoms with E-state index in [1.807, 2.05) is 60.7 Å². The molecule has 0 bridgehead atoms. The van der Waals surface area contributed by atoms with Crippen LogP contribution in [-0.4, -0.2) is 30.3 Å². The maximum Gasteiger partial charge on any atom is 0.219 e. The number of para-hydroxylation sites is 1. The molecule has 0 spiro atoms. The average molecular weight is 314 g/mol. The molecule has 2 aromatic carbocycles. The molecule has 0 fully saturated rings. The number of benzene rings is 2. The molecule has 2 rings (SSSR count). The monoisotopic (exact) mass is 314 g/mol. The molecular weight excluding hydrogens is 292 g/mol. The minimum absolute atomic E-state index is 0.170. The molecule has 2 atom stereocenters. The predicted octanol–water partition coefficient (Wildman–Crippen LogP) is 1.85. The molecule has 0 saturated carbocycles. The van der Waals surface area contributed by atoms with Crippen molar-refractivity contribution >= 4 is 5.91 Å². The molecule has 0 aliphatic carbocycles. The Morgan fingerprint density at radius 1 is 1.04 bits per heavy atom. The second-order valence-electron chi connectivity index (χ2n) is 5.20. The molecule has 3 N–H and O–H groups in total. The summed E-state index contributed by atoms with van der Waals surface area (Å²) in [7, 11) is 0. The first-order chi connectivity index (χ1) is 11.1. The molecule has 0 heterocycles. The highest BCUT2D eigenvalue weighted by Gasteiger charge is 2.13. The van der Waals surface area contributed by atoms with Gasteiger partial charge in [0.05, 0.1) is 12.6 Å². The van der Waals surface area contributed by atoms with Crippen LogP contribution in [0.25, 0.3) is 0 Å². The number of aliphatic hydroxyl groups excluding tert-OH is 1. The molecule has 122 valence electrons. The number of carbonyl (C=O) groups is 1. The van der Waals surface area contributed by atoms with Crippen molar-refractivity contribution in [3.63, 3.8) is 0 Å². The number of nitrogens with one attached hydrogen (secondary N) is 2. The van der Waals surface area contributed by atoms with Gasteiger partial charge in [-0.2, -0.15) is 0 Å². The lowest BCUT2D eigenvalue weighted by Gasteiger charge is -2.21. The topological polar surface area (TPSA) is 70.6 Å². The molecule has 5 nitrogen and oxygen atoms in total. The van der Waals surface area contributed by atoms with Crippen molar-refractivity contribution in [2.45, 2.75) is 19.3 Å². The van der Waals surface area contributed by atoms with Gasteiger partial charge in [-0.25, -0.2) is 0 Å². The van der Waals surface area contributed by atoms with E-state index in [9.17, 15) is 9.90 Å². The van der Waals surface area contributed by atoms with Gasteiger partial charge < -0.3 is 20.5 Å². The van der Waals surface area contributed by atoms with Crippen molar-refractivity contribution in [1.29, 1.82) is 0 Å². The molecule has 5 heteroatoms. The zero-order valence-electron chi connectivity index (χ0n) is 13.1. The van der Waals surface area contributed by atoms with Crippen LogP contribution in [0, 0.1) is 0 Å². The lowest BCUT2D eigenvalue weighted by Crippen LogP contribution is -2.45. The summed E-state index contributed by atoms with van der Waals surface area (Å²) in [6.07, 6.45) is -1.11. The van der Waals surface area contributed by atoms with Crippen molar-refractivity contribution < 1.29 is 14.6 Å². The van der Waals surface area contributed by atoms with Crippen LogP contribution in [0.4, 0.5) is 0 Å². The van der Waals surface area contributed by atoms with Crippen LogP contribution >= 0.6 is 0 Å². The summed E-state index contributed by atoms with van der Waals surface area (Å²) in [5.41, 5.74) is 0.847. The number of carbonyl (C=O) groups excluding carboxylic acids is 1. The number of hydrogen-bond donors (Lipinski definition) is 3. The van der Waals surface area contributed by atoms with Crippen LogP contribution in [0.3, 0.4) is 0 Å². The summed E-state index contributed by atoms with van der Waals surface area (Å²) in [5, 5.41) is 16.0. The number of hydrogen-bond acceptors (Lipinski definition) is 4. The highest BCUT2D eigenvalue weighted by molar-refractivity contribution is 5.73. The third kappa shape index (κ3) is 6.10. The average Bonchev–Trinajstić information content (AvgIpc) is 2.56. The van der Waals surface area contributed by atoms with Crippen molar-refractivity contribution in [3.8, 4) is 5.75 Å². The summed E-state index contributed by atoms with van der Waals surface area (Å²) in [6, 6.07) is 18.7. The van der Waals surface area contributed by atoms with Crippen LogP contribution in [0.2, 0.25) is 0 Å². The maximum absolute atomic E-state index is 11.3. The molecule has 0 radical (unpaired) electrons. The van der Waals surface area contributed by atoms with Gasteiger partial charge in [0, 0.05) is 13.5 Å². The predicted molar refractivity (Wildman–Crippen MR) is 88.9 cm³/mol. The fourth-order valence-electron chi connectivity index (χ4n) is 2.16. The summed E-state index contributed by atoms with van der Waals surface area (Å²) in [5.74, 6) is 0.507. The lowest BCUT2D eigenvalue weighted by atomic mass is 10.1. The minimum Gasteiger partial charge on any atom is -0.469 e. The Morgan fingerprint density at radius 2 is 1.65 bits per heavy atom. The van der Waals surface area contributed by atoms with Gasteiger partial charge in [-0.1, -0.05) is 48.5 Å². The van der Waals surface area contributed by atoms with Gasteiger partial charge in [0.15, 0.2) is 6.23 Å². The molecular formula is C18H22N2O3. The van der Waals surface area contributed by atoms with Crippen LogP contribution < -0.4 is 15.4 Å². The Kier molecular flexibility index (Phi) is 6.59. The van der Waals surface area contributed by atoms with Gasteiger partial charge >= 0.3 is 0 Å². The van der Waals surface area contributed by atoms with Gasteiger partial charge in [0.2, 0.25) is 5.91 Å². The Bertz CT molecular complexity index is 590.